The first kappa shape index (κ1) is 18.0. The molecule has 6 nitrogen and oxygen atoms in total. The summed E-state index contributed by atoms with van der Waals surface area (Å²) in [4.78, 5) is 25.6. The number of hydrogen-bond donors (Lipinski definition) is 3. The second kappa shape index (κ2) is 8.38. The minimum Gasteiger partial charge on any atom is -0.392 e. The molecule has 1 aromatic rings. The molecule has 0 aliphatic heterocycles. The number of amides is 2. The molecule has 6 heteroatoms. The van der Waals surface area contributed by atoms with Gasteiger partial charge in [-0.2, -0.15) is 0 Å². The number of hydrogen-bond acceptors (Lipinski definition) is 4. The number of nitrogens with one attached hydrogen (secondary N) is 2. The molecule has 0 aliphatic rings. The molecule has 1 atom stereocenters. The molecule has 0 radical (unpaired) electrons. The van der Waals surface area contributed by atoms with E-state index in [1.165, 1.54) is 6.92 Å². The van der Waals surface area contributed by atoms with E-state index in [-0.39, 0.29) is 6.54 Å². The van der Waals surface area contributed by atoms with Crippen LogP contribution in [-0.4, -0.2) is 42.7 Å². The van der Waals surface area contributed by atoms with Gasteiger partial charge in [0.15, 0.2) is 0 Å². The summed E-state index contributed by atoms with van der Waals surface area (Å²) >= 11 is 0. The molecule has 2 amide bonds. The molecule has 122 valence electrons. The highest BCUT2D eigenvalue weighted by Crippen LogP contribution is 2.22. The summed E-state index contributed by atoms with van der Waals surface area (Å²) in [6, 6.07) is 5.70. The normalized spacial score (nSPS) is 11.7. The van der Waals surface area contributed by atoms with Gasteiger partial charge in [-0.15, -0.1) is 0 Å². The highest BCUT2D eigenvalue weighted by Gasteiger charge is 2.15. The highest BCUT2D eigenvalue weighted by atomic mass is 16.3. The van der Waals surface area contributed by atoms with Crippen LogP contribution in [0.5, 0.6) is 0 Å². The van der Waals surface area contributed by atoms with Crippen LogP contribution in [0.4, 0.5) is 11.4 Å². The summed E-state index contributed by atoms with van der Waals surface area (Å²) < 4.78 is 0. The number of nitrogens with zero attached hydrogens (tertiary/aromatic N) is 1. The van der Waals surface area contributed by atoms with Crippen molar-refractivity contribution in [3.63, 3.8) is 0 Å². The summed E-state index contributed by atoms with van der Waals surface area (Å²) in [5, 5.41) is 14.0. The highest BCUT2D eigenvalue weighted by molar-refractivity contribution is 6.39. The first-order chi connectivity index (χ1) is 10.4. The molecule has 0 saturated carbocycles. The Bertz CT molecular complexity index is 525. The van der Waals surface area contributed by atoms with E-state index in [1.54, 1.807) is 6.07 Å². The minimum atomic E-state index is -0.756. The zero-order chi connectivity index (χ0) is 16.7. The second-order valence-electron chi connectivity index (χ2n) is 5.18. The van der Waals surface area contributed by atoms with Gasteiger partial charge in [0.25, 0.3) is 0 Å². The lowest BCUT2D eigenvalue weighted by Crippen LogP contribution is -2.38. The molecule has 0 saturated heterocycles. The summed E-state index contributed by atoms with van der Waals surface area (Å²) in [5.74, 6) is -1.49. The van der Waals surface area contributed by atoms with Gasteiger partial charge in [-0.25, -0.2) is 0 Å². The maximum Gasteiger partial charge on any atom is 0.313 e. The van der Waals surface area contributed by atoms with Gasteiger partial charge >= 0.3 is 11.8 Å². The van der Waals surface area contributed by atoms with Gasteiger partial charge in [0.1, 0.15) is 0 Å². The van der Waals surface area contributed by atoms with Crippen LogP contribution in [0, 0.1) is 6.92 Å². The van der Waals surface area contributed by atoms with Crippen molar-refractivity contribution in [2.75, 3.05) is 29.9 Å². The van der Waals surface area contributed by atoms with E-state index in [1.807, 2.05) is 19.1 Å². The molecular formula is C16H25N3O3. The third kappa shape index (κ3) is 5.04. The predicted molar refractivity (Wildman–Crippen MR) is 88.1 cm³/mol. The molecule has 0 bridgehead atoms. The summed E-state index contributed by atoms with van der Waals surface area (Å²) in [5.41, 5.74) is 2.58. The summed E-state index contributed by atoms with van der Waals surface area (Å²) in [6.07, 6.45) is -0.688. The standard InChI is InChI=1S/C16H25N3O3/c1-5-19(6-2)13-7-8-14(11(3)9-13)18-16(22)15(21)17-10-12(4)20/h7-9,12,20H,5-6,10H2,1-4H3,(H,17,21)(H,18,22). The lowest BCUT2D eigenvalue weighted by molar-refractivity contribution is -0.136. The number of aliphatic hydroxyl groups is 1. The molecule has 0 aliphatic carbocycles. The van der Waals surface area contributed by atoms with Crippen molar-refractivity contribution in [1.82, 2.24) is 5.32 Å². The van der Waals surface area contributed by atoms with E-state index in [0.717, 1.165) is 24.3 Å². The zero-order valence-corrected chi connectivity index (χ0v) is 13.6. The number of rotatable bonds is 6. The van der Waals surface area contributed by atoms with Gasteiger partial charge in [-0.3, -0.25) is 9.59 Å². The van der Waals surface area contributed by atoms with Crippen LogP contribution in [0.1, 0.15) is 26.3 Å². The van der Waals surface area contributed by atoms with Crippen molar-refractivity contribution < 1.29 is 14.7 Å². The number of benzene rings is 1. The van der Waals surface area contributed by atoms with Gasteiger partial charge in [0, 0.05) is 31.0 Å². The van der Waals surface area contributed by atoms with Crippen molar-refractivity contribution >= 4 is 23.2 Å². The number of aliphatic hydroxyl groups excluding tert-OH is 1. The van der Waals surface area contributed by atoms with E-state index in [0.29, 0.717) is 5.69 Å². The van der Waals surface area contributed by atoms with E-state index >= 15 is 0 Å². The third-order valence-corrected chi connectivity index (χ3v) is 3.35. The fourth-order valence-corrected chi connectivity index (χ4v) is 2.07. The molecule has 1 rings (SSSR count). The lowest BCUT2D eigenvalue weighted by atomic mass is 10.1. The molecule has 22 heavy (non-hydrogen) atoms. The first-order valence-corrected chi connectivity index (χ1v) is 7.51. The molecule has 3 N–H and O–H groups in total. The Kier molecular flexibility index (Phi) is 6.85. The van der Waals surface area contributed by atoms with Crippen molar-refractivity contribution in [3.05, 3.63) is 23.8 Å². The van der Waals surface area contributed by atoms with Gasteiger partial charge in [0.2, 0.25) is 0 Å². The van der Waals surface area contributed by atoms with Crippen LogP contribution in [0.3, 0.4) is 0 Å². The van der Waals surface area contributed by atoms with Crippen LogP contribution in [0.15, 0.2) is 18.2 Å². The smallest absolute Gasteiger partial charge is 0.313 e. The van der Waals surface area contributed by atoms with E-state index in [9.17, 15) is 9.59 Å². The topological polar surface area (TPSA) is 81.7 Å². The Morgan fingerprint density at radius 1 is 1.23 bits per heavy atom. The molecule has 0 aromatic heterocycles. The van der Waals surface area contributed by atoms with Crippen LogP contribution < -0.4 is 15.5 Å². The second-order valence-corrected chi connectivity index (χ2v) is 5.18. The number of aryl methyl sites for hydroxylation is 1. The SMILES string of the molecule is CCN(CC)c1ccc(NC(=O)C(=O)NCC(C)O)c(C)c1. The fourth-order valence-electron chi connectivity index (χ4n) is 2.07. The monoisotopic (exact) mass is 307 g/mol. The maximum absolute atomic E-state index is 11.8. The van der Waals surface area contributed by atoms with Gasteiger partial charge in [0.05, 0.1) is 6.10 Å². The molecule has 0 fully saturated rings. The van der Waals surface area contributed by atoms with Crippen LogP contribution in [0.2, 0.25) is 0 Å². The quantitative estimate of drug-likeness (QED) is 0.692. The van der Waals surface area contributed by atoms with Crippen molar-refractivity contribution in [1.29, 1.82) is 0 Å². The Morgan fingerprint density at radius 2 is 1.86 bits per heavy atom. The first-order valence-electron chi connectivity index (χ1n) is 7.51. The van der Waals surface area contributed by atoms with Crippen molar-refractivity contribution in [3.8, 4) is 0 Å². The predicted octanol–water partition coefficient (Wildman–Crippen LogP) is 1.28. The molecule has 1 unspecified atom stereocenters. The third-order valence-electron chi connectivity index (χ3n) is 3.35. The van der Waals surface area contributed by atoms with Crippen molar-refractivity contribution in [2.24, 2.45) is 0 Å². The zero-order valence-electron chi connectivity index (χ0n) is 13.6. The Hall–Kier alpha value is -2.08. The summed E-state index contributed by atoms with van der Waals surface area (Å²) in [7, 11) is 0. The van der Waals surface area contributed by atoms with Gasteiger partial charge in [-0.1, -0.05) is 0 Å². The maximum atomic E-state index is 11.8. The molecule has 0 heterocycles. The number of anilines is 2. The molecular weight excluding hydrogens is 282 g/mol. The van der Waals surface area contributed by atoms with E-state index in [4.69, 9.17) is 5.11 Å². The molecule has 1 aromatic carbocycles. The average molecular weight is 307 g/mol. The van der Waals surface area contributed by atoms with Crippen LogP contribution >= 0.6 is 0 Å². The number of carbonyl (C=O) groups is 2. The minimum absolute atomic E-state index is 0.0478. The lowest BCUT2D eigenvalue weighted by Gasteiger charge is -2.22. The Labute approximate surface area is 131 Å². The molecule has 0 spiro atoms. The largest absolute Gasteiger partial charge is 0.392 e. The van der Waals surface area contributed by atoms with Gasteiger partial charge < -0.3 is 20.6 Å². The van der Waals surface area contributed by atoms with Crippen molar-refractivity contribution in [2.45, 2.75) is 33.8 Å². The van der Waals surface area contributed by atoms with Crippen LogP contribution in [0.25, 0.3) is 0 Å². The van der Waals surface area contributed by atoms with Gasteiger partial charge in [-0.05, 0) is 51.5 Å². The van der Waals surface area contributed by atoms with Crippen LogP contribution in [-0.2, 0) is 9.59 Å². The number of carbonyl (C=O) groups excluding carboxylic acids is 2. The Morgan fingerprint density at radius 3 is 2.36 bits per heavy atom. The van der Waals surface area contributed by atoms with E-state index in [2.05, 4.69) is 29.4 Å². The van der Waals surface area contributed by atoms with E-state index < -0.39 is 17.9 Å². The fraction of sp³-hybridized carbons (Fsp3) is 0.500. The summed E-state index contributed by atoms with van der Waals surface area (Å²) in [6.45, 7) is 9.45. The Balaban J connectivity index is 2.74. The average Bonchev–Trinajstić information content (AvgIpc) is 2.48.